The molecule has 1 atom stereocenters. The second-order valence-corrected chi connectivity index (χ2v) is 2.65. The van der Waals surface area contributed by atoms with E-state index in [0.717, 1.165) is 5.82 Å². The molecule has 0 amide bonds. The van der Waals surface area contributed by atoms with Crippen LogP contribution in [0.1, 0.15) is 25.8 Å². The lowest BCUT2D eigenvalue weighted by Crippen LogP contribution is -2.06. The average molecular weight is 181 g/mol. The molecule has 0 saturated carbocycles. The first-order valence-corrected chi connectivity index (χ1v) is 4.40. The Balaban J connectivity index is 2.75. The van der Waals surface area contributed by atoms with Gasteiger partial charge in [-0.1, -0.05) is 0 Å². The highest BCUT2D eigenvalue weighted by molar-refractivity contribution is 5.31. The standard InChI is InChI=1S/C9H15N3O/c1-4-13-7(2)9-11-6-5-8(10-3)12-9/h5-7H,4H2,1-3H3,(H,10,11,12). The molecule has 0 bridgehead atoms. The third-order valence-corrected chi connectivity index (χ3v) is 1.71. The van der Waals surface area contributed by atoms with Gasteiger partial charge in [0.05, 0.1) is 0 Å². The Morgan fingerprint density at radius 2 is 2.38 bits per heavy atom. The summed E-state index contributed by atoms with van der Waals surface area (Å²) < 4.78 is 5.37. The Labute approximate surface area is 78.4 Å². The van der Waals surface area contributed by atoms with Crippen LogP contribution in [0.2, 0.25) is 0 Å². The van der Waals surface area contributed by atoms with Gasteiger partial charge in [0.15, 0.2) is 5.82 Å². The van der Waals surface area contributed by atoms with Gasteiger partial charge in [-0.15, -0.1) is 0 Å². The van der Waals surface area contributed by atoms with Crippen LogP contribution in [0.15, 0.2) is 12.3 Å². The molecule has 4 nitrogen and oxygen atoms in total. The predicted molar refractivity (Wildman–Crippen MR) is 51.6 cm³/mol. The minimum absolute atomic E-state index is 0.0432. The lowest BCUT2D eigenvalue weighted by Gasteiger charge is -2.10. The molecule has 0 fully saturated rings. The van der Waals surface area contributed by atoms with Gasteiger partial charge in [-0.05, 0) is 19.9 Å². The summed E-state index contributed by atoms with van der Waals surface area (Å²) >= 11 is 0. The maximum Gasteiger partial charge on any atom is 0.159 e. The molecule has 0 aliphatic carbocycles. The Morgan fingerprint density at radius 3 is 3.00 bits per heavy atom. The molecule has 0 radical (unpaired) electrons. The second kappa shape index (κ2) is 4.77. The van der Waals surface area contributed by atoms with Crippen molar-refractivity contribution in [2.75, 3.05) is 19.0 Å². The topological polar surface area (TPSA) is 47.0 Å². The van der Waals surface area contributed by atoms with E-state index in [4.69, 9.17) is 4.74 Å². The van der Waals surface area contributed by atoms with Gasteiger partial charge in [-0.3, -0.25) is 0 Å². The number of hydrogen-bond acceptors (Lipinski definition) is 4. The fourth-order valence-electron chi connectivity index (χ4n) is 1.03. The molecule has 0 aromatic carbocycles. The molecule has 4 heteroatoms. The molecule has 0 aliphatic rings. The minimum Gasteiger partial charge on any atom is -0.373 e. The number of hydrogen-bond donors (Lipinski definition) is 1. The van der Waals surface area contributed by atoms with Gasteiger partial charge >= 0.3 is 0 Å². The molecule has 0 aliphatic heterocycles. The van der Waals surface area contributed by atoms with E-state index in [1.54, 1.807) is 6.20 Å². The van der Waals surface area contributed by atoms with Crippen molar-refractivity contribution >= 4 is 5.82 Å². The molecule has 1 unspecified atom stereocenters. The summed E-state index contributed by atoms with van der Waals surface area (Å²) in [5, 5.41) is 2.96. The largest absolute Gasteiger partial charge is 0.373 e. The summed E-state index contributed by atoms with van der Waals surface area (Å²) in [5.41, 5.74) is 0. The van der Waals surface area contributed by atoms with Crippen molar-refractivity contribution in [1.29, 1.82) is 0 Å². The zero-order valence-electron chi connectivity index (χ0n) is 8.24. The summed E-state index contributed by atoms with van der Waals surface area (Å²) in [6.07, 6.45) is 1.68. The molecule has 13 heavy (non-hydrogen) atoms. The number of ether oxygens (including phenoxy) is 1. The first kappa shape index (κ1) is 9.92. The van der Waals surface area contributed by atoms with E-state index >= 15 is 0 Å². The molecule has 72 valence electrons. The van der Waals surface area contributed by atoms with Crippen molar-refractivity contribution in [2.45, 2.75) is 20.0 Å². The second-order valence-electron chi connectivity index (χ2n) is 2.65. The maximum atomic E-state index is 5.37. The summed E-state index contributed by atoms with van der Waals surface area (Å²) in [6.45, 7) is 4.57. The van der Waals surface area contributed by atoms with Crippen molar-refractivity contribution in [1.82, 2.24) is 9.97 Å². The van der Waals surface area contributed by atoms with E-state index in [9.17, 15) is 0 Å². The first-order valence-electron chi connectivity index (χ1n) is 4.40. The Kier molecular flexibility index (Phi) is 3.64. The van der Waals surface area contributed by atoms with Crippen LogP contribution in [0.5, 0.6) is 0 Å². The number of nitrogens with zero attached hydrogens (tertiary/aromatic N) is 2. The third-order valence-electron chi connectivity index (χ3n) is 1.71. The third kappa shape index (κ3) is 2.66. The van der Waals surface area contributed by atoms with Crippen molar-refractivity contribution in [3.8, 4) is 0 Å². The van der Waals surface area contributed by atoms with Gasteiger partial charge in [0.25, 0.3) is 0 Å². The molecular weight excluding hydrogens is 166 g/mol. The van der Waals surface area contributed by atoms with Crippen molar-refractivity contribution in [3.63, 3.8) is 0 Å². The van der Waals surface area contributed by atoms with Gasteiger partial charge < -0.3 is 10.1 Å². The van der Waals surface area contributed by atoms with E-state index < -0.39 is 0 Å². The number of nitrogens with one attached hydrogen (secondary N) is 1. The van der Waals surface area contributed by atoms with Crippen LogP contribution in [0.3, 0.4) is 0 Å². The molecule has 1 aromatic rings. The summed E-state index contributed by atoms with van der Waals surface area (Å²) in [6, 6.07) is 1.82. The van der Waals surface area contributed by atoms with Crippen molar-refractivity contribution in [3.05, 3.63) is 18.1 Å². The number of aromatic nitrogens is 2. The van der Waals surface area contributed by atoms with Gasteiger partial charge in [-0.2, -0.15) is 0 Å². The van der Waals surface area contributed by atoms with Crippen LogP contribution in [-0.2, 0) is 4.74 Å². The van der Waals surface area contributed by atoms with Gasteiger partial charge in [0, 0.05) is 19.9 Å². The Morgan fingerprint density at radius 1 is 1.62 bits per heavy atom. The normalized spacial score (nSPS) is 12.5. The highest BCUT2D eigenvalue weighted by Gasteiger charge is 2.07. The van der Waals surface area contributed by atoms with E-state index in [2.05, 4.69) is 15.3 Å². The van der Waals surface area contributed by atoms with Crippen molar-refractivity contribution < 1.29 is 4.74 Å². The smallest absolute Gasteiger partial charge is 0.159 e. The first-order chi connectivity index (χ1) is 6.27. The lowest BCUT2D eigenvalue weighted by atomic mass is 10.3. The molecule has 1 heterocycles. The zero-order chi connectivity index (χ0) is 9.68. The van der Waals surface area contributed by atoms with E-state index in [0.29, 0.717) is 12.4 Å². The maximum absolute atomic E-state index is 5.37. The molecular formula is C9H15N3O. The molecule has 0 saturated heterocycles. The molecule has 0 spiro atoms. The predicted octanol–water partition coefficient (Wildman–Crippen LogP) is 1.62. The molecule has 1 N–H and O–H groups in total. The van der Waals surface area contributed by atoms with Crippen molar-refractivity contribution in [2.24, 2.45) is 0 Å². The monoisotopic (exact) mass is 181 g/mol. The zero-order valence-corrected chi connectivity index (χ0v) is 8.24. The number of anilines is 1. The van der Waals surface area contributed by atoms with Crippen LogP contribution in [0, 0.1) is 0 Å². The summed E-state index contributed by atoms with van der Waals surface area (Å²) in [4.78, 5) is 8.39. The van der Waals surface area contributed by atoms with Gasteiger partial charge in [-0.25, -0.2) is 9.97 Å². The summed E-state index contributed by atoms with van der Waals surface area (Å²) in [7, 11) is 1.83. The fourth-order valence-corrected chi connectivity index (χ4v) is 1.03. The highest BCUT2D eigenvalue weighted by atomic mass is 16.5. The SMILES string of the molecule is CCOC(C)c1nccc(NC)n1. The van der Waals surface area contributed by atoms with Gasteiger partial charge in [0.1, 0.15) is 11.9 Å². The highest BCUT2D eigenvalue weighted by Crippen LogP contribution is 2.12. The average Bonchev–Trinajstić information content (AvgIpc) is 2.18. The quantitative estimate of drug-likeness (QED) is 0.766. The Bertz CT molecular complexity index is 265. The van der Waals surface area contributed by atoms with Crippen LogP contribution in [0.4, 0.5) is 5.82 Å². The van der Waals surface area contributed by atoms with Crippen LogP contribution < -0.4 is 5.32 Å². The minimum atomic E-state index is -0.0432. The Hall–Kier alpha value is -1.16. The molecule has 1 aromatic heterocycles. The van der Waals surface area contributed by atoms with Crippen LogP contribution in [-0.4, -0.2) is 23.6 Å². The van der Waals surface area contributed by atoms with Crippen LogP contribution in [0.25, 0.3) is 0 Å². The van der Waals surface area contributed by atoms with Gasteiger partial charge in [0.2, 0.25) is 0 Å². The van der Waals surface area contributed by atoms with Crippen LogP contribution >= 0.6 is 0 Å². The number of rotatable bonds is 4. The molecule has 1 rings (SSSR count). The van der Waals surface area contributed by atoms with E-state index in [1.165, 1.54) is 0 Å². The lowest BCUT2D eigenvalue weighted by molar-refractivity contribution is 0.0701. The summed E-state index contributed by atoms with van der Waals surface area (Å²) in [5.74, 6) is 1.53. The van der Waals surface area contributed by atoms with E-state index in [1.807, 2.05) is 27.0 Å². The fraction of sp³-hybridized carbons (Fsp3) is 0.556. The van der Waals surface area contributed by atoms with E-state index in [-0.39, 0.29) is 6.10 Å².